The van der Waals surface area contributed by atoms with E-state index in [1.807, 2.05) is 109 Å². The topological polar surface area (TPSA) is 52.6 Å². The summed E-state index contributed by atoms with van der Waals surface area (Å²) < 4.78 is 16.3. The van der Waals surface area contributed by atoms with Gasteiger partial charge in [0.1, 0.15) is 13.2 Å². The Hall–Kier alpha value is -4.72. The maximum absolute atomic E-state index is 15.1. The van der Waals surface area contributed by atoms with Crippen molar-refractivity contribution in [2.75, 3.05) is 0 Å². The third-order valence-electron chi connectivity index (χ3n) is 10.7. The van der Waals surface area contributed by atoms with Crippen LogP contribution in [0.2, 0.25) is 0 Å². The average Bonchev–Trinajstić information content (AvgIpc) is 4.06. The van der Waals surface area contributed by atoms with Crippen LogP contribution in [0.25, 0.3) is 31.0 Å². The molecular weight excluding hydrogens is 853 g/mol. The molecule has 11 heteroatoms. The SMILES string of the molecule is O=C(OCc1ccccc1)C1(C(=O)OCc2ccccc2)C(C=C2C(=S)c3ccccc3C2=S)=Cc2sc3c(sc4cc(/C=C5/C(=S)c6ccccc6C5S)sc43)c21. The molecule has 0 spiro atoms. The Balaban J connectivity index is 1.13. The molecule has 10 rings (SSSR count). The van der Waals surface area contributed by atoms with Crippen molar-refractivity contribution in [3.63, 3.8) is 0 Å². The number of ether oxygens (including phenoxy) is 2. The van der Waals surface area contributed by atoms with Gasteiger partial charge in [0.25, 0.3) is 0 Å². The van der Waals surface area contributed by atoms with E-state index in [1.165, 1.54) is 0 Å². The van der Waals surface area contributed by atoms with Gasteiger partial charge >= 0.3 is 11.9 Å². The Morgan fingerprint density at radius 3 is 1.83 bits per heavy atom. The van der Waals surface area contributed by atoms with Crippen LogP contribution >= 0.6 is 83.3 Å². The van der Waals surface area contributed by atoms with Crippen molar-refractivity contribution in [3.8, 4) is 0 Å². The van der Waals surface area contributed by atoms with Gasteiger partial charge in [-0.05, 0) is 57.7 Å². The van der Waals surface area contributed by atoms with Crippen LogP contribution in [0.5, 0.6) is 0 Å². The van der Waals surface area contributed by atoms with Crippen LogP contribution in [0.4, 0.5) is 0 Å². The van der Waals surface area contributed by atoms with Gasteiger partial charge in [-0.2, -0.15) is 12.6 Å². The number of thiophene rings is 3. The second-order valence-corrected chi connectivity index (χ2v) is 19.0. The molecule has 3 aliphatic carbocycles. The Kier molecular flexibility index (Phi) is 9.60. The van der Waals surface area contributed by atoms with Gasteiger partial charge in [-0.1, -0.05) is 146 Å². The predicted molar refractivity (Wildman–Crippen MR) is 253 cm³/mol. The van der Waals surface area contributed by atoms with Crippen LogP contribution in [0.3, 0.4) is 0 Å². The van der Waals surface area contributed by atoms with E-state index in [-0.39, 0.29) is 18.5 Å². The molecule has 7 aromatic rings. The normalized spacial score (nSPS) is 17.2. The molecule has 4 aromatic carbocycles. The molecular formula is C47H28O4S7. The molecule has 0 saturated heterocycles. The Labute approximate surface area is 367 Å². The lowest BCUT2D eigenvalue weighted by Crippen LogP contribution is -2.46. The summed E-state index contributed by atoms with van der Waals surface area (Å²) in [5.41, 5.74) is 6.08. The molecule has 1 unspecified atom stereocenters. The molecule has 1 atom stereocenters. The molecule has 3 aliphatic rings. The molecule has 0 N–H and O–H groups in total. The number of esters is 2. The van der Waals surface area contributed by atoms with E-state index >= 15 is 9.59 Å². The van der Waals surface area contributed by atoms with Crippen LogP contribution in [-0.4, -0.2) is 26.5 Å². The van der Waals surface area contributed by atoms with Crippen molar-refractivity contribution < 1.29 is 19.1 Å². The molecule has 0 amide bonds. The number of rotatable bonds is 8. The van der Waals surface area contributed by atoms with Gasteiger partial charge in [-0.25, -0.2) is 0 Å². The fourth-order valence-corrected chi connectivity index (χ4v) is 13.8. The number of fused-ring (bicyclic) bond motifs is 7. The van der Waals surface area contributed by atoms with E-state index in [0.717, 1.165) is 72.4 Å². The highest BCUT2D eigenvalue weighted by atomic mass is 32.1. The van der Waals surface area contributed by atoms with Gasteiger partial charge in [-0.15, -0.1) is 34.0 Å². The van der Waals surface area contributed by atoms with Gasteiger partial charge in [-0.3, -0.25) is 9.59 Å². The zero-order valence-corrected chi connectivity index (χ0v) is 36.0. The Bertz CT molecular complexity index is 2920. The summed E-state index contributed by atoms with van der Waals surface area (Å²) in [4.78, 5) is 34.1. The van der Waals surface area contributed by atoms with E-state index in [4.69, 9.17) is 58.8 Å². The van der Waals surface area contributed by atoms with Gasteiger partial charge in [0.2, 0.25) is 5.41 Å². The van der Waals surface area contributed by atoms with Gasteiger partial charge in [0.15, 0.2) is 0 Å². The van der Waals surface area contributed by atoms with Crippen LogP contribution < -0.4 is 0 Å². The lowest BCUT2D eigenvalue weighted by Gasteiger charge is -2.28. The number of hydrogen-bond acceptors (Lipinski definition) is 11. The second-order valence-electron chi connectivity index (χ2n) is 14.1. The summed E-state index contributed by atoms with van der Waals surface area (Å²) in [6, 6.07) is 36.9. The van der Waals surface area contributed by atoms with Gasteiger partial charge < -0.3 is 9.47 Å². The first-order chi connectivity index (χ1) is 28.2. The highest BCUT2D eigenvalue weighted by Gasteiger charge is 2.59. The Morgan fingerprint density at radius 2 is 1.22 bits per heavy atom. The lowest BCUT2D eigenvalue weighted by molar-refractivity contribution is -0.164. The monoisotopic (exact) mass is 880 g/mol. The standard InChI is InChI=1S/C47H28O4S7/c48-45(50-23-25-11-3-1-4-12-25)47(46(49)51-24-26-13-5-2-6-14-26)27(19-33-38(52)29-15-7-8-16-30(29)39(33)53)20-35-37(47)43-44(57-35)42-36(58-43)22-28(56-42)21-34-40(54)31-17-9-10-18-32(31)41(34)55/h1-22,40,54H,23-24H2/b34-21+. The molecule has 3 aromatic heterocycles. The maximum atomic E-state index is 15.1. The molecule has 3 heterocycles. The lowest BCUT2D eigenvalue weighted by atomic mass is 9.77. The van der Waals surface area contributed by atoms with Crippen LogP contribution in [0, 0.1) is 0 Å². The average molecular weight is 881 g/mol. The Morgan fingerprint density at radius 1 is 0.655 bits per heavy atom. The number of carbonyl (C=O) groups is 2. The smallest absolute Gasteiger partial charge is 0.333 e. The molecule has 0 saturated carbocycles. The first kappa shape index (κ1) is 37.5. The van der Waals surface area contributed by atoms with Crippen molar-refractivity contribution >= 4 is 141 Å². The minimum Gasteiger partial charge on any atom is -0.459 e. The summed E-state index contributed by atoms with van der Waals surface area (Å²) in [6.45, 7) is -0.0604. The predicted octanol–water partition coefficient (Wildman–Crippen LogP) is 12.2. The molecule has 0 radical (unpaired) electrons. The third kappa shape index (κ3) is 5.98. The minimum atomic E-state index is -1.97. The minimum absolute atomic E-state index is 0.0302. The van der Waals surface area contributed by atoms with Crippen molar-refractivity contribution in [1.82, 2.24) is 0 Å². The zero-order valence-electron chi connectivity index (χ0n) is 30.2. The first-order valence-corrected chi connectivity index (χ1v) is 22.5. The van der Waals surface area contributed by atoms with E-state index in [1.54, 1.807) is 34.0 Å². The van der Waals surface area contributed by atoms with E-state index in [0.29, 0.717) is 26.4 Å². The van der Waals surface area contributed by atoms with Gasteiger partial charge in [0.05, 0.1) is 29.1 Å². The summed E-state index contributed by atoms with van der Waals surface area (Å²) in [5, 5.41) is -0.107. The maximum Gasteiger partial charge on any atom is 0.333 e. The number of carbonyl (C=O) groups excluding carboxylic acids is 2. The molecule has 282 valence electrons. The first-order valence-electron chi connectivity index (χ1n) is 18.3. The molecule has 0 fully saturated rings. The second kappa shape index (κ2) is 14.8. The number of hydrogen-bond donors (Lipinski definition) is 1. The largest absolute Gasteiger partial charge is 0.459 e. The summed E-state index contributed by atoms with van der Waals surface area (Å²) >= 11 is 27.6. The summed E-state index contributed by atoms with van der Waals surface area (Å²) in [7, 11) is 0. The number of thiol groups is 1. The fraction of sp³-hybridized carbons (Fsp3) is 0.0851. The quantitative estimate of drug-likeness (QED) is 0.0536. The summed E-state index contributed by atoms with van der Waals surface area (Å²) in [5.74, 6) is -1.45. The highest BCUT2D eigenvalue weighted by molar-refractivity contribution is 7.84. The van der Waals surface area contributed by atoms with Crippen LogP contribution in [0.15, 0.2) is 138 Å². The van der Waals surface area contributed by atoms with Crippen molar-refractivity contribution in [2.24, 2.45) is 0 Å². The zero-order chi connectivity index (χ0) is 39.7. The third-order valence-corrected chi connectivity index (χ3v) is 16.4. The molecule has 58 heavy (non-hydrogen) atoms. The number of thiocarbonyl (C=S) groups is 3. The highest BCUT2D eigenvalue weighted by Crippen LogP contribution is 2.57. The van der Waals surface area contributed by atoms with Crippen molar-refractivity contribution in [2.45, 2.75) is 23.9 Å². The van der Waals surface area contributed by atoms with E-state index in [9.17, 15) is 0 Å². The van der Waals surface area contributed by atoms with E-state index < -0.39 is 17.4 Å². The van der Waals surface area contributed by atoms with Crippen LogP contribution in [-0.2, 0) is 37.7 Å². The molecule has 0 bridgehead atoms. The van der Waals surface area contributed by atoms with Gasteiger partial charge in [0, 0.05) is 41.6 Å². The summed E-state index contributed by atoms with van der Waals surface area (Å²) in [6.07, 6.45) is 5.88. The van der Waals surface area contributed by atoms with Crippen molar-refractivity contribution in [3.05, 3.63) is 187 Å². The molecule has 4 nitrogen and oxygen atoms in total. The van der Waals surface area contributed by atoms with Crippen molar-refractivity contribution in [1.29, 1.82) is 0 Å². The van der Waals surface area contributed by atoms with E-state index in [2.05, 4.69) is 24.3 Å². The van der Waals surface area contributed by atoms with Crippen LogP contribution in [0.1, 0.15) is 53.9 Å². The molecule has 0 aliphatic heterocycles. The number of allylic oxidation sites excluding steroid dienone is 2. The fourth-order valence-electron chi connectivity index (χ4n) is 7.92. The number of benzene rings is 4.